The van der Waals surface area contributed by atoms with Gasteiger partial charge in [0.05, 0.1) is 12.1 Å². The molecule has 3 rings (SSSR count). The van der Waals surface area contributed by atoms with E-state index in [0.29, 0.717) is 24.6 Å². The monoisotopic (exact) mass is 421 g/mol. The van der Waals surface area contributed by atoms with Crippen molar-refractivity contribution in [3.05, 3.63) is 41.9 Å². The highest BCUT2D eigenvalue weighted by Crippen LogP contribution is 2.36. The first kappa shape index (κ1) is 21.8. The molecule has 2 aromatic heterocycles. The number of rotatable bonds is 5. The Bertz CT molecular complexity index is 938. The van der Waals surface area contributed by atoms with Crippen molar-refractivity contribution in [3.63, 3.8) is 0 Å². The van der Waals surface area contributed by atoms with Crippen LogP contribution in [0.15, 0.2) is 35.0 Å². The number of alkyl halides is 3. The van der Waals surface area contributed by atoms with Gasteiger partial charge in [-0.1, -0.05) is 0 Å². The lowest BCUT2D eigenvalue weighted by atomic mass is 9.93. The van der Waals surface area contributed by atoms with Gasteiger partial charge in [-0.15, -0.1) is 0 Å². The van der Waals surface area contributed by atoms with Crippen LogP contribution in [0.1, 0.15) is 18.2 Å². The SMILES string of the molecule is Cc1cc(-c2ccncc2)oc1C(C)(C#N)N1CCN[C@H](C(=O)NCC(F)(F)F)C1. The van der Waals surface area contributed by atoms with E-state index in [0.717, 1.165) is 11.1 Å². The normalized spacial score (nSPS) is 19.7. The summed E-state index contributed by atoms with van der Waals surface area (Å²) in [7, 11) is 0. The average Bonchev–Trinajstić information content (AvgIpc) is 3.14. The predicted octanol–water partition coefficient (Wildman–Crippen LogP) is 2.34. The van der Waals surface area contributed by atoms with Crippen LogP contribution >= 0.6 is 0 Å². The Labute approximate surface area is 171 Å². The van der Waals surface area contributed by atoms with Crippen molar-refractivity contribution < 1.29 is 22.4 Å². The standard InChI is InChI=1S/C20H22F3N5O2/c1-13-9-16(14-3-5-25-6-4-14)30-17(13)19(2,11-24)28-8-7-26-15(10-28)18(29)27-12-20(21,22)23/h3-6,9,15,26H,7-8,10,12H2,1-2H3,(H,27,29)/t15-,19?/m0/s1. The fourth-order valence-electron chi connectivity index (χ4n) is 3.53. The van der Waals surface area contributed by atoms with Crippen LogP contribution in [0.5, 0.6) is 0 Å². The van der Waals surface area contributed by atoms with Crippen LogP contribution in [-0.4, -0.2) is 54.2 Å². The maximum absolute atomic E-state index is 12.4. The Morgan fingerprint density at radius 2 is 2.13 bits per heavy atom. The van der Waals surface area contributed by atoms with E-state index in [4.69, 9.17) is 4.42 Å². The minimum absolute atomic E-state index is 0.0679. The summed E-state index contributed by atoms with van der Waals surface area (Å²) in [4.78, 5) is 17.9. The zero-order chi connectivity index (χ0) is 21.9. The number of carbonyl (C=O) groups is 1. The largest absolute Gasteiger partial charge is 0.458 e. The third kappa shape index (κ3) is 4.63. The van der Waals surface area contributed by atoms with Gasteiger partial charge in [0.1, 0.15) is 18.1 Å². The molecule has 0 spiro atoms. The summed E-state index contributed by atoms with van der Waals surface area (Å²) < 4.78 is 43.3. The molecule has 1 amide bonds. The Kier molecular flexibility index (Phi) is 6.14. The number of hydrogen-bond acceptors (Lipinski definition) is 6. The molecular formula is C20H22F3N5O2. The fraction of sp³-hybridized carbons (Fsp3) is 0.450. The van der Waals surface area contributed by atoms with Crippen LogP contribution < -0.4 is 10.6 Å². The van der Waals surface area contributed by atoms with Gasteiger partial charge in [0.15, 0.2) is 5.54 Å². The molecule has 1 unspecified atom stereocenters. The Morgan fingerprint density at radius 3 is 2.77 bits per heavy atom. The van der Waals surface area contributed by atoms with Crippen LogP contribution in [0.25, 0.3) is 11.3 Å². The number of aryl methyl sites for hydroxylation is 1. The highest BCUT2D eigenvalue weighted by Gasteiger charge is 2.42. The first-order chi connectivity index (χ1) is 14.1. The highest BCUT2D eigenvalue weighted by molar-refractivity contribution is 5.82. The van der Waals surface area contributed by atoms with Crippen molar-refractivity contribution >= 4 is 5.91 Å². The summed E-state index contributed by atoms with van der Waals surface area (Å²) in [6.45, 7) is 2.96. The van der Waals surface area contributed by atoms with Crippen molar-refractivity contribution in [1.29, 1.82) is 5.26 Å². The molecule has 160 valence electrons. The van der Waals surface area contributed by atoms with Gasteiger partial charge in [0.25, 0.3) is 0 Å². The minimum atomic E-state index is -4.49. The number of nitrogens with zero attached hydrogens (tertiary/aromatic N) is 3. The van der Waals surface area contributed by atoms with Crippen LogP contribution in [0.2, 0.25) is 0 Å². The molecule has 0 aromatic carbocycles. The summed E-state index contributed by atoms with van der Waals surface area (Å²) in [5.74, 6) is 0.264. The number of carbonyl (C=O) groups excluding carboxylic acids is 1. The van der Waals surface area contributed by atoms with Gasteiger partial charge in [-0.25, -0.2) is 0 Å². The van der Waals surface area contributed by atoms with Gasteiger partial charge in [-0.05, 0) is 37.6 Å². The van der Waals surface area contributed by atoms with Gasteiger partial charge in [-0.2, -0.15) is 18.4 Å². The quantitative estimate of drug-likeness (QED) is 0.770. The van der Waals surface area contributed by atoms with Gasteiger partial charge in [0, 0.05) is 37.6 Å². The number of piperazine rings is 1. The summed E-state index contributed by atoms with van der Waals surface area (Å²) in [6.07, 6.45) is -1.21. The Hall–Kier alpha value is -2.90. The Morgan fingerprint density at radius 1 is 1.43 bits per heavy atom. The van der Waals surface area contributed by atoms with E-state index in [1.807, 2.05) is 18.3 Å². The van der Waals surface area contributed by atoms with Crippen molar-refractivity contribution in [1.82, 2.24) is 20.5 Å². The number of nitriles is 1. The molecule has 30 heavy (non-hydrogen) atoms. The molecule has 1 fully saturated rings. The molecule has 0 radical (unpaired) electrons. The van der Waals surface area contributed by atoms with E-state index in [1.165, 1.54) is 0 Å². The van der Waals surface area contributed by atoms with E-state index in [9.17, 15) is 23.2 Å². The molecule has 2 N–H and O–H groups in total. The van der Waals surface area contributed by atoms with E-state index in [-0.39, 0.29) is 6.54 Å². The van der Waals surface area contributed by atoms with E-state index in [2.05, 4.69) is 16.4 Å². The van der Waals surface area contributed by atoms with Crippen molar-refractivity contribution in [2.75, 3.05) is 26.2 Å². The number of pyridine rings is 1. The molecule has 1 aliphatic rings. The number of amides is 1. The molecule has 2 atom stereocenters. The third-order valence-electron chi connectivity index (χ3n) is 5.13. The molecular weight excluding hydrogens is 399 g/mol. The van der Waals surface area contributed by atoms with Crippen LogP contribution in [0.4, 0.5) is 13.2 Å². The zero-order valence-corrected chi connectivity index (χ0v) is 16.6. The van der Waals surface area contributed by atoms with Gasteiger partial charge in [-0.3, -0.25) is 14.7 Å². The van der Waals surface area contributed by atoms with E-state index >= 15 is 0 Å². The molecule has 0 bridgehead atoms. The molecule has 0 saturated carbocycles. The van der Waals surface area contributed by atoms with Crippen LogP contribution in [0, 0.1) is 18.3 Å². The van der Waals surface area contributed by atoms with E-state index < -0.39 is 30.2 Å². The number of nitrogens with one attached hydrogen (secondary N) is 2. The second-order valence-electron chi connectivity index (χ2n) is 7.33. The first-order valence-corrected chi connectivity index (χ1v) is 9.39. The number of furan rings is 1. The lowest BCUT2D eigenvalue weighted by Gasteiger charge is -2.40. The average molecular weight is 421 g/mol. The number of hydrogen-bond donors (Lipinski definition) is 2. The smallest absolute Gasteiger partial charge is 0.405 e. The minimum Gasteiger partial charge on any atom is -0.458 e. The van der Waals surface area contributed by atoms with Gasteiger partial charge < -0.3 is 15.1 Å². The third-order valence-corrected chi connectivity index (χ3v) is 5.13. The lowest BCUT2D eigenvalue weighted by Crippen LogP contribution is -2.61. The summed E-state index contributed by atoms with van der Waals surface area (Å²) in [6, 6.07) is 6.80. The second-order valence-corrected chi connectivity index (χ2v) is 7.33. The summed E-state index contributed by atoms with van der Waals surface area (Å²) in [5.41, 5.74) is 0.381. The first-order valence-electron chi connectivity index (χ1n) is 9.39. The van der Waals surface area contributed by atoms with Gasteiger partial charge >= 0.3 is 6.18 Å². The summed E-state index contributed by atoms with van der Waals surface area (Å²) in [5, 5.41) is 14.8. The van der Waals surface area contributed by atoms with Crippen LogP contribution in [0.3, 0.4) is 0 Å². The molecule has 2 aromatic rings. The number of aromatic nitrogens is 1. The van der Waals surface area contributed by atoms with Crippen molar-refractivity contribution in [2.45, 2.75) is 31.6 Å². The topological polar surface area (TPSA) is 94.2 Å². The molecule has 7 nitrogen and oxygen atoms in total. The molecule has 1 saturated heterocycles. The molecule has 0 aliphatic carbocycles. The fourth-order valence-corrected chi connectivity index (χ4v) is 3.53. The maximum Gasteiger partial charge on any atom is 0.405 e. The second kappa shape index (κ2) is 8.45. The predicted molar refractivity (Wildman–Crippen MR) is 102 cm³/mol. The van der Waals surface area contributed by atoms with Gasteiger partial charge in [0.2, 0.25) is 5.91 Å². The van der Waals surface area contributed by atoms with E-state index in [1.54, 1.807) is 36.4 Å². The summed E-state index contributed by atoms with van der Waals surface area (Å²) >= 11 is 0. The van der Waals surface area contributed by atoms with Crippen LogP contribution in [-0.2, 0) is 10.3 Å². The van der Waals surface area contributed by atoms with Crippen molar-refractivity contribution in [2.24, 2.45) is 0 Å². The lowest BCUT2D eigenvalue weighted by molar-refractivity contribution is -0.140. The Balaban J connectivity index is 1.81. The number of halogens is 3. The zero-order valence-electron chi connectivity index (χ0n) is 16.6. The highest BCUT2D eigenvalue weighted by atomic mass is 19.4. The molecule has 3 heterocycles. The molecule has 10 heteroatoms. The molecule has 1 aliphatic heterocycles. The maximum atomic E-state index is 12.4. The van der Waals surface area contributed by atoms with Crippen molar-refractivity contribution in [3.8, 4) is 17.4 Å².